The Morgan fingerprint density at radius 3 is 2.61 bits per heavy atom. The lowest BCUT2D eigenvalue weighted by molar-refractivity contribution is -0.103. The van der Waals surface area contributed by atoms with E-state index >= 15 is 0 Å². The molecule has 1 saturated heterocycles. The molecular formula is C15H27NOS. The Labute approximate surface area is 117 Å². The quantitative estimate of drug-likeness (QED) is 0.770. The molecule has 104 valence electrons. The highest BCUT2D eigenvalue weighted by Gasteiger charge is 2.45. The highest BCUT2D eigenvalue weighted by atomic mass is 32.1. The van der Waals surface area contributed by atoms with Crippen molar-refractivity contribution in [2.75, 3.05) is 25.4 Å². The van der Waals surface area contributed by atoms with Crippen molar-refractivity contribution in [2.24, 2.45) is 11.3 Å². The maximum Gasteiger partial charge on any atom is 0.0700 e. The third-order valence-electron chi connectivity index (χ3n) is 5.82. The second-order valence-electron chi connectivity index (χ2n) is 7.04. The third-order valence-corrected chi connectivity index (χ3v) is 6.49. The molecule has 3 heteroatoms. The predicted octanol–water partition coefficient (Wildman–Crippen LogP) is 2.71. The Morgan fingerprint density at radius 2 is 1.94 bits per heavy atom. The highest BCUT2D eigenvalue weighted by molar-refractivity contribution is 7.80. The first-order chi connectivity index (χ1) is 8.66. The average molecular weight is 269 g/mol. The van der Waals surface area contributed by atoms with Gasteiger partial charge in [0.15, 0.2) is 0 Å². The van der Waals surface area contributed by atoms with Crippen molar-refractivity contribution in [3.8, 4) is 0 Å². The first kappa shape index (κ1) is 13.3. The lowest BCUT2D eigenvalue weighted by atomic mass is 9.68. The van der Waals surface area contributed by atoms with E-state index in [1.807, 2.05) is 0 Å². The Morgan fingerprint density at radius 1 is 1.11 bits per heavy atom. The van der Waals surface area contributed by atoms with Crippen molar-refractivity contribution in [1.82, 2.24) is 4.90 Å². The topological polar surface area (TPSA) is 23.5 Å². The molecule has 18 heavy (non-hydrogen) atoms. The van der Waals surface area contributed by atoms with Gasteiger partial charge < -0.3 is 10.0 Å². The zero-order valence-corrected chi connectivity index (χ0v) is 12.3. The molecule has 3 rings (SSSR count). The first-order valence-corrected chi connectivity index (χ1v) is 8.35. The fraction of sp³-hybridized carbons (Fsp3) is 1.00. The summed E-state index contributed by atoms with van der Waals surface area (Å²) < 4.78 is 0. The summed E-state index contributed by atoms with van der Waals surface area (Å²) in [5.74, 6) is 1.58. The largest absolute Gasteiger partial charge is 0.390 e. The van der Waals surface area contributed by atoms with E-state index in [4.69, 9.17) is 0 Å². The van der Waals surface area contributed by atoms with Crippen LogP contribution in [0.25, 0.3) is 0 Å². The van der Waals surface area contributed by atoms with Crippen molar-refractivity contribution in [2.45, 2.75) is 57.0 Å². The van der Waals surface area contributed by atoms with Gasteiger partial charge in [-0.2, -0.15) is 12.6 Å². The van der Waals surface area contributed by atoms with Crippen LogP contribution < -0.4 is 0 Å². The van der Waals surface area contributed by atoms with Crippen LogP contribution in [0.5, 0.6) is 0 Å². The normalized spacial score (nSPS) is 40.0. The van der Waals surface area contributed by atoms with Crippen LogP contribution in [0.15, 0.2) is 0 Å². The Hall–Kier alpha value is 0.270. The summed E-state index contributed by atoms with van der Waals surface area (Å²) in [6.45, 7) is 3.46. The maximum atomic E-state index is 10.7. The Kier molecular flexibility index (Phi) is 3.68. The standard InChI is InChI=1S/C15H27NOS/c17-15-7-2-1-4-13(15)10-16(9-8-15)11-14(12-18)5-3-6-14/h13,17-18H,1-12H2. The second kappa shape index (κ2) is 4.99. The molecule has 0 aromatic heterocycles. The molecule has 3 fully saturated rings. The van der Waals surface area contributed by atoms with Gasteiger partial charge in [0.25, 0.3) is 0 Å². The number of thiol groups is 1. The molecule has 0 amide bonds. The van der Waals surface area contributed by atoms with Crippen LogP contribution in [0.1, 0.15) is 51.4 Å². The molecule has 0 spiro atoms. The molecule has 2 nitrogen and oxygen atoms in total. The summed E-state index contributed by atoms with van der Waals surface area (Å²) in [6.07, 6.45) is 9.95. The lowest BCUT2D eigenvalue weighted by Gasteiger charge is -2.51. The monoisotopic (exact) mass is 269 g/mol. The number of hydrogen-bond acceptors (Lipinski definition) is 3. The molecule has 1 heterocycles. The lowest BCUT2D eigenvalue weighted by Crippen LogP contribution is -2.56. The molecule has 0 aromatic rings. The summed E-state index contributed by atoms with van der Waals surface area (Å²) in [7, 11) is 0. The number of piperidine rings is 1. The zero-order valence-electron chi connectivity index (χ0n) is 11.4. The van der Waals surface area contributed by atoms with Gasteiger partial charge in [-0.15, -0.1) is 0 Å². The van der Waals surface area contributed by atoms with Gasteiger partial charge in [-0.3, -0.25) is 0 Å². The van der Waals surface area contributed by atoms with Gasteiger partial charge in [0.2, 0.25) is 0 Å². The Balaban J connectivity index is 1.60. The number of nitrogens with zero attached hydrogens (tertiary/aromatic N) is 1. The van der Waals surface area contributed by atoms with Gasteiger partial charge in [-0.05, 0) is 43.3 Å². The minimum absolute atomic E-state index is 0.317. The van der Waals surface area contributed by atoms with Crippen LogP contribution in [0.3, 0.4) is 0 Å². The number of hydrogen-bond donors (Lipinski definition) is 2. The van der Waals surface area contributed by atoms with Crippen molar-refractivity contribution in [3.05, 3.63) is 0 Å². The van der Waals surface area contributed by atoms with Crippen molar-refractivity contribution in [3.63, 3.8) is 0 Å². The summed E-state index contributed by atoms with van der Waals surface area (Å²) in [5, 5.41) is 10.7. The van der Waals surface area contributed by atoms with Crippen LogP contribution >= 0.6 is 12.6 Å². The second-order valence-corrected chi connectivity index (χ2v) is 7.36. The molecule has 1 N–H and O–H groups in total. The van der Waals surface area contributed by atoms with Crippen molar-refractivity contribution < 1.29 is 5.11 Å². The van der Waals surface area contributed by atoms with Crippen LogP contribution in [-0.4, -0.2) is 41.0 Å². The molecule has 0 aromatic carbocycles. The van der Waals surface area contributed by atoms with Gasteiger partial charge in [0.1, 0.15) is 0 Å². The Bertz CT molecular complexity index is 299. The molecule has 2 saturated carbocycles. The van der Waals surface area contributed by atoms with E-state index in [1.54, 1.807) is 0 Å². The zero-order chi connectivity index (χ0) is 12.6. The molecule has 2 aliphatic carbocycles. The van der Waals surface area contributed by atoms with Gasteiger partial charge in [0.05, 0.1) is 5.60 Å². The van der Waals surface area contributed by atoms with E-state index in [0.717, 1.165) is 31.7 Å². The number of fused-ring (bicyclic) bond motifs is 1. The fourth-order valence-corrected chi connectivity index (χ4v) is 4.72. The molecular weight excluding hydrogens is 242 g/mol. The van der Waals surface area contributed by atoms with E-state index in [9.17, 15) is 5.11 Å². The minimum atomic E-state index is -0.317. The highest BCUT2D eigenvalue weighted by Crippen LogP contribution is 2.45. The number of rotatable bonds is 3. The average Bonchev–Trinajstić information content (AvgIpc) is 2.34. The van der Waals surface area contributed by atoms with Crippen molar-refractivity contribution in [1.29, 1.82) is 0 Å². The maximum absolute atomic E-state index is 10.7. The molecule has 1 aliphatic heterocycles. The minimum Gasteiger partial charge on any atom is -0.390 e. The summed E-state index contributed by atoms with van der Waals surface area (Å²) in [5.41, 5.74) is 0.190. The van der Waals surface area contributed by atoms with Gasteiger partial charge >= 0.3 is 0 Å². The number of aliphatic hydroxyl groups is 1. The van der Waals surface area contributed by atoms with Crippen molar-refractivity contribution >= 4 is 12.6 Å². The molecule has 0 bridgehead atoms. The van der Waals surface area contributed by atoms with Gasteiger partial charge in [0, 0.05) is 25.6 Å². The van der Waals surface area contributed by atoms with E-state index in [-0.39, 0.29) is 5.60 Å². The van der Waals surface area contributed by atoms with E-state index in [2.05, 4.69) is 17.5 Å². The third kappa shape index (κ3) is 2.34. The van der Waals surface area contributed by atoms with Crippen LogP contribution in [-0.2, 0) is 0 Å². The smallest absolute Gasteiger partial charge is 0.0700 e. The SMILES string of the molecule is OC12CCCCC1CN(CC1(CS)CCC1)CC2. The van der Waals surface area contributed by atoms with Gasteiger partial charge in [-0.1, -0.05) is 19.3 Å². The van der Waals surface area contributed by atoms with Crippen LogP contribution in [0.4, 0.5) is 0 Å². The van der Waals surface area contributed by atoms with E-state index < -0.39 is 0 Å². The van der Waals surface area contributed by atoms with Crippen LogP contribution in [0, 0.1) is 11.3 Å². The van der Waals surface area contributed by atoms with E-state index in [0.29, 0.717) is 11.3 Å². The summed E-state index contributed by atoms with van der Waals surface area (Å²) >= 11 is 4.57. The fourth-order valence-electron chi connectivity index (χ4n) is 4.30. The molecule has 0 radical (unpaired) electrons. The predicted molar refractivity (Wildman–Crippen MR) is 78.1 cm³/mol. The van der Waals surface area contributed by atoms with Crippen LogP contribution in [0.2, 0.25) is 0 Å². The van der Waals surface area contributed by atoms with Gasteiger partial charge in [-0.25, -0.2) is 0 Å². The molecule has 3 aliphatic rings. The molecule has 2 atom stereocenters. The molecule has 2 unspecified atom stereocenters. The summed E-state index contributed by atoms with van der Waals surface area (Å²) in [4.78, 5) is 2.62. The summed E-state index contributed by atoms with van der Waals surface area (Å²) in [6, 6.07) is 0. The number of likely N-dealkylation sites (tertiary alicyclic amines) is 1. The van der Waals surface area contributed by atoms with E-state index in [1.165, 1.54) is 45.1 Å². The first-order valence-electron chi connectivity index (χ1n) is 7.72.